The van der Waals surface area contributed by atoms with Crippen molar-refractivity contribution in [2.75, 3.05) is 38.7 Å². The first kappa shape index (κ1) is 43.7. The van der Waals surface area contributed by atoms with Crippen molar-refractivity contribution in [2.24, 2.45) is 5.92 Å². The first-order chi connectivity index (χ1) is 25.5. The van der Waals surface area contributed by atoms with E-state index in [9.17, 15) is 62.2 Å². The van der Waals surface area contributed by atoms with Crippen LogP contribution in [0.2, 0.25) is 0 Å². The highest BCUT2D eigenvalue weighted by Gasteiger charge is 2.47. The third-order valence-corrected chi connectivity index (χ3v) is 9.06. The third-order valence-electron chi connectivity index (χ3n) is 8.30. The van der Waals surface area contributed by atoms with Gasteiger partial charge in [0.15, 0.2) is 0 Å². The Morgan fingerprint density at radius 2 is 1.67 bits per heavy atom. The number of aliphatic hydroxyl groups excluding tert-OH is 3. The molecule has 1 saturated carbocycles. The summed E-state index contributed by atoms with van der Waals surface area (Å²) in [4.78, 5) is 72.3. The zero-order valence-electron chi connectivity index (χ0n) is 29.3. The second kappa shape index (κ2) is 20.7. The topological polar surface area (TPSA) is 302 Å². The van der Waals surface area contributed by atoms with E-state index in [4.69, 9.17) is 18.9 Å². The van der Waals surface area contributed by atoms with Crippen molar-refractivity contribution in [1.82, 2.24) is 15.5 Å². The highest BCUT2D eigenvalue weighted by Crippen LogP contribution is 2.33. The maximum atomic E-state index is 12.6. The molecule has 0 bridgehead atoms. The molecular formula is C33H45N3O17S. The molecule has 54 heavy (non-hydrogen) atoms. The molecule has 20 nitrogen and oxygen atoms in total. The van der Waals surface area contributed by atoms with Gasteiger partial charge in [-0.05, 0) is 25.0 Å². The molecular weight excluding hydrogens is 742 g/mol. The van der Waals surface area contributed by atoms with Crippen LogP contribution in [-0.4, -0.2) is 143 Å². The van der Waals surface area contributed by atoms with Crippen LogP contribution in [0.5, 0.6) is 11.5 Å². The van der Waals surface area contributed by atoms with Crippen LogP contribution in [0.25, 0.3) is 0 Å². The summed E-state index contributed by atoms with van der Waals surface area (Å²) in [5.41, 5.74) is 0.330. The van der Waals surface area contributed by atoms with Gasteiger partial charge >= 0.3 is 11.9 Å². The van der Waals surface area contributed by atoms with Crippen molar-refractivity contribution in [3.63, 3.8) is 0 Å². The van der Waals surface area contributed by atoms with Crippen molar-refractivity contribution in [3.05, 3.63) is 35.9 Å². The van der Waals surface area contributed by atoms with Crippen LogP contribution < -0.4 is 20.1 Å². The number of unbranched alkanes of at least 4 members (excludes halogenated alkanes) is 2. The number of carboxylic acid groups (broad SMARTS) is 1. The van der Waals surface area contributed by atoms with Crippen LogP contribution in [0, 0.1) is 5.92 Å². The summed E-state index contributed by atoms with van der Waals surface area (Å²) < 4.78 is 54.2. The summed E-state index contributed by atoms with van der Waals surface area (Å²) >= 11 is 0. The summed E-state index contributed by atoms with van der Waals surface area (Å²) in [6.45, 7) is 0.927. The Bertz CT molecular complexity index is 1630. The number of hydrogen-bond donors (Lipinski definition) is 7. The zero-order chi connectivity index (χ0) is 40.0. The first-order valence-corrected chi connectivity index (χ1v) is 18.5. The normalized spacial score (nSPS) is 21.7. The summed E-state index contributed by atoms with van der Waals surface area (Å²) in [5.74, 6) is -6.57. The van der Waals surface area contributed by atoms with Gasteiger partial charge in [-0.15, -0.1) is 0 Å². The Morgan fingerprint density at radius 3 is 2.31 bits per heavy atom. The van der Waals surface area contributed by atoms with Gasteiger partial charge in [0.05, 0.1) is 25.2 Å². The molecule has 0 saturated heterocycles. The van der Waals surface area contributed by atoms with Crippen LogP contribution in [0.15, 0.2) is 30.4 Å². The number of esters is 1. The number of benzene rings is 1. The second-order valence-corrected chi connectivity index (χ2v) is 13.9. The van der Waals surface area contributed by atoms with E-state index in [0.717, 1.165) is 4.90 Å². The number of ether oxygens (including phenoxy) is 4. The maximum absolute atomic E-state index is 12.6. The molecule has 0 unspecified atom stereocenters. The SMILES string of the molecule is CC(=O)OCc1ccc(OCCOCCNC(=O)[C@H](CS(=O)(=O)O)NC(=O)CCCCCN2C(=O)C=CC2=O)cc1O[C@@H]1C[C@H](C(=O)O)[C@@H](O)[C@H](O)[C@H]1O. The lowest BCUT2D eigenvalue weighted by Crippen LogP contribution is -2.57. The van der Waals surface area contributed by atoms with E-state index in [1.165, 1.54) is 37.3 Å². The minimum atomic E-state index is -4.65. The van der Waals surface area contributed by atoms with E-state index in [1.807, 2.05) is 0 Å². The van der Waals surface area contributed by atoms with Gasteiger partial charge in [-0.1, -0.05) is 6.42 Å². The number of aliphatic hydroxyl groups is 3. The van der Waals surface area contributed by atoms with Gasteiger partial charge in [-0.2, -0.15) is 8.42 Å². The number of aliphatic carboxylic acids is 1. The van der Waals surface area contributed by atoms with Gasteiger partial charge in [0.2, 0.25) is 11.8 Å². The maximum Gasteiger partial charge on any atom is 0.309 e. The molecule has 1 aromatic rings. The number of rotatable bonds is 22. The lowest BCUT2D eigenvalue weighted by Gasteiger charge is -2.38. The molecule has 7 N–H and O–H groups in total. The Hall–Kier alpha value is -4.67. The number of imide groups is 1. The molecule has 2 aliphatic rings. The van der Waals surface area contributed by atoms with Crippen molar-refractivity contribution in [2.45, 2.75) is 76.1 Å². The van der Waals surface area contributed by atoms with E-state index in [1.54, 1.807) is 0 Å². The van der Waals surface area contributed by atoms with Crippen LogP contribution >= 0.6 is 0 Å². The van der Waals surface area contributed by atoms with Gasteiger partial charge in [0, 0.05) is 56.6 Å². The summed E-state index contributed by atoms with van der Waals surface area (Å²) in [6.07, 6.45) is -3.28. The Morgan fingerprint density at radius 1 is 0.963 bits per heavy atom. The quantitative estimate of drug-likeness (QED) is 0.0291. The zero-order valence-corrected chi connectivity index (χ0v) is 30.1. The first-order valence-electron chi connectivity index (χ1n) is 16.9. The van der Waals surface area contributed by atoms with Crippen molar-refractivity contribution >= 4 is 45.7 Å². The van der Waals surface area contributed by atoms with E-state index in [0.29, 0.717) is 24.8 Å². The molecule has 3 rings (SSSR count). The minimum Gasteiger partial charge on any atom is -0.491 e. The average molecular weight is 788 g/mol. The summed E-state index contributed by atoms with van der Waals surface area (Å²) in [7, 11) is -4.65. The van der Waals surface area contributed by atoms with E-state index in [2.05, 4.69) is 10.6 Å². The van der Waals surface area contributed by atoms with E-state index >= 15 is 0 Å². The molecule has 6 atom stereocenters. The molecule has 0 radical (unpaired) electrons. The predicted octanol–water partition coefficient (Wildman–Crippen LogP) is -1.95. The van der Waals surface area contributed by atoms with Gasteiger partial charge in [-0.3, -0.25) is 38.2 Å². The van der Waals surface area contributed by atoms with Gasteiger partial charge in [0.25, 0.3) is 21.9 Å². The fourth-order valence-corrected chi connectivity index (χ4v) is 6.14. The monoisotopic (exact) mass is 787 g/mol. The number of carbonyl (C=O) groups is 6. The van der Waals surface area contributed by atoms with E-state index < -0.39 is 87.8 Å². The number of hydrogen-bond acceptors (Lipinski definition) is 15. The number of carboxylic acids is 1. The van der Waals surface area contributed by atoms with Crippen LogP contribution in [0.4, 0.5) is 0 Å². The molecule has 0 aromatic heterocycles. The predicted molar refractivity (Wildman–Crippen MR) is 182 cm³/mol. The van der Waals surface area contributed by atoms with Crippen molar-refractivity contribution < 1.29 is 81.1 Å². The lowest BCUT2D eigenvalue weighted by atomic mass is 9.80. The summed E-state index contributed by atoms with van der Waals surface area (Å²) in [6, 6.07) is 2.81. The average Bonchev–Trinajstić information content (AvgIpc) is 3.42. The lowest BCUT2D eigenvalue weighted by molar-refractivity contribution is -0.175. The second-order valence-electron chi connectivity index (χ2n) is 12.5. The highest BCUT2D eigenvalue weighted by atomic mass is 32.2. The van der Waals surface area contributed by atoms with Gasteiger partial charge < -0.3 is 50.0 Å². The molecule has 300 valence electrons. The Kier molecular flexibility index (Phi) is 16.8. The molecule has 1 aliphatic carbocycles. The minimum absolute atomic E-state index is 0.00521. The Balaban J connectivity index is 1.44. The van der Waals surface area contributed by atoms with Crippen molar-refractivity contribution in [1.29, 1.82) is 0 Å². The molecule has 21 heteroatoms. The molecule has 1 heterocycles. The van der Waals surface area contributed by atoms with Gasteiger partial charge in [0.1, 0.15) is 54.8 Å². The molecule has 1 aliphatic heterocycles. The van der Waals surface area contributed by atoms with Gasteiger partial charge in [-0.25, -0.2) is 0 Å². The third kappa shape index (κ3) is 14.0. The Labute approximate surface area is 310 Å². The highest BCUT2D eigenvalue weighted by molar-refractivity contribution is 7.85. The number of nitrogens with zero attached hydrogens (tertiary/aromatic N) is 1. The number of carbonyl (C=O) groups excluding carboxylic acids is 5. The summed E-state index contributed by atoms with van der Waals surface area (Å²) in [5, 5.41) is 44.9. The standard InChI is InChI=1S/C33H45N3O17S/c1-19(37)52-17-20-6-7-21(15-24(20)53-25-16-22(33(45)46)29(41)31(43)30(25)42)51-14-13-50-12-10-34-32(44)23(18-54(47,48)49)35-26(38)5-3-2-4-11-36-27(39)8-9-28(36)40/h6-9,15,22-23,25,29-31,41-43H,2-5,10-14,16-18H2,1H3,(H,34,44)(H,35,38)(H,45,46)(H,47,48,49)/t22-,23-,25+,29+,30-,31-/m0/s1. The smallest absolute Gasteiger partial charge is 0.309 e. The molecule has 0 spiro atoms. The largest absolute Gasteiger partial charge is 0.491 e. The molecule has 4 amide bonds. The van der Waals surface area contributed by atoms with E-state index in [-0.39, 0.29) is 63.9 Å². The molecule has 1 fully saturated rings. The number of amides is 4. The fourth-order valence-electron chi connectivity index (χ4n) is 5.48. The van der Waals surface area contributed by atoms with Crippen LogP contribution in [0.3, 0.4) is 0 Å². The fraction of sp³-hybridized carbons (Fsp3) is 0.576. The van der Waals surface area contributed by atoms with Crippen molar-refractivity contribution in [3.8, 4) is 11.5 Å². The van der Waals surface area contributed by atoms with Crippen LogP contribution in [-0.2, 0) is 55.0 Å². The number of nitrogens with one attached hydrogen (secondary N) is 2. The molecule has 1 aromatic carbocycles. The van der Waals surface area contributed by atoms with Crippen LogP contribution in [0.1, 0.15) is 44.6 Å².